The van der Waals surface area contributed by atoms with Crippen LogP contribution in [0, 0.1) is 0 Å². The highest BCUT2D eigenvalue weighted by Crippen LogP contribution is 2.07. The van der Waals surface area contributed by atoms with Gasteiger partial charge in [-0.1, -0.05) is 0 Å². The summed E-state index contributed by atoms with van der Waals surface area (Å²) in [6, 6.07) is -5.05. The molecule has 0 bridgehead atoms. The van der Waals surface area contributed by atoms with E-state index >= 15 is 0 Å². The van der Waals surface area contributed by atoms with Crippen LogP contribution >= 0.6 is 0 Å². The molecule has 36 heavy (non-hydrogen) atoms. The zero-order chi connectivity index (χ0) is 27.7. The van der Waals surface area contributed by atoms with Crippen LogP contribution in [-0.2, 0) is 28.8 Å². The number of carbonyl (C=O) groups is 6. The minimum Gasteiger partial charge on any atom is -0.481 e. The zero-order valence-corrected chi connectivity index (χ0v) is 20.2. The van der Waals surface area contributed by atoms with Crippen LogP contribution in [0.25, 0.3) is 0 Å². The van der Waals surface area contributed by atoms with Crippen molar-refractivity contribution in [3.63, 3.8) is 0 Å². The van der Waals surface area contributed by atoms with Crippen LogP contribution in [0.3, 0.4) is 0 Å². The molecule has 0 rings (SSSR count). The van der Waals surface area contributed by atoms with Crippen LogP contribution in [-0.4, -0.2) is 83.0 Å². The normalized spacial score (nSPS) is 14.1. The van der Waals surface area contributed by atoms with Crippen LogP contribution < -0.4 is 38.9 Å². The quantitative estimate of drug-likeness (QED) is 0.0726. The molecule has 0 aromatic heterocycles. The van der Waals surface area contributed by atoms with Crippen molar-refractivity contribution >= 4 is 35.6 Å². The minimum atomic E-state index is -1.48. The minimum absolute atomic E-state index is 0.116. The molecule has 15 nitrogen and oxygen atoms in total. The van der Waals surface area contributed by atoms with Gasteiger partial charge < -0.3 is 49.1 Å². The van der Waals surface area contributed by atoms with E-state index in [-0.39, 0.29) is 19.3 Å². The number of nitrogens with two attached hydrogens (primary N) is 4. The lowest BCUT2D eigenvalue weighted by molar-refractivity contribution is -0.143. The number of carbonyl (C=O) groups excluding carboxylic acids is 4. The van der Waals surface area contributed by atoms with Crippen molar-refractivity contribution in [2.45, 2.75) is 82.0 Å². The summed E-state index contributed by atoms with van der Waals surface area (Å²) in [4.78, 5) is 71.5. The third-order valence-electron chi connectivity index (χ3n) is 5.18. The first-order chi connectivity index (χ1) is 16.9. The molecule has 0 radical (unpaired) electrons. The van der Waals surface area contributed by atoms with Crippen molar-refractivity contribution in [1.29, 1.82) is 0 Å². The van der Waals surface area contributed by atoms with E-state index in [2.05, 4.69) is 16.0 Å². The van der Waals surface area contributed by atoms with Gasteiger partial charge in [0.1, 0.15) is 18.1 Å². The molecule has 4 amide bonds. The van der Waals surface area contributed by atoms with Gasteiger partial charge in [-0.3, -0.25) is 24.0 Å². The van der Waals surface area contributed by atoms with Crippen molar-refractivity contribution in [1.82, 2.24) is 16.0 Å². The molecule has 0 aliphatic rings. The Balaban J connectivity index is 5.55. The van der Waals surface area contributed by atoms with Gasteiger partial charge in [0, 0.05) is 6.42 Å². The highest BCUT2D eigenvalue weighted by molar-refractivity contribution is 5.95. The number of unbranched alkanes of at least 4 members (excludes halogenated alkanes) is 2. The number of carboxylic acids is 2. The van der Waals surface area contributed by atoms with E-state index in [1.807, 2.05) is 0 Å². The topological polar surface area (TPSA) is 283 Å². The number of rotatable bonds is 20. The number of primary amides is 1. The van der Waals surface area contributed by atoms with Crippen LogP contribution in [0.1, 0.15) is 57.8 Å². The second-order valence-electron chi connectivity index (χ2n) is 8.30. The van der Waals surface area contributed by atoms with E-state index in [9.17, 15) is 33.9 Å². The molecule has 0 aromatic rings. The van der Waals surface area contributed by atoms with E-state index in [1.54, 1.807) is 0 Å². The predicted molar refractivity (Wildman–Crippen MR) is 128 cm³/mol. The van der Waals surface area contributed by atoms with Crippen LogP contribution in [0.5, 0.6) is 0 Å². The van der Waals surface area contributed by atoms with Crippen molar-refractivity contribution in [3.05, 3.63) is 0 Å². The van der Waals surface area contributed by atoms with Gasteiger partial charge in [0.05, 0.1) is 12.5 Å². The lowest BCUT2D eigenvalue weighted by atomic mass is 10.0. The second-order valence-corrected chi connectivity index (χ2v) is 8.30. The molecule has 13 N–H and O–H groups in total. The first-order valence-corrected chi connectivity index (χ1v) is 11.7. The molecule has 0 fully saturated rings. The molecule has 0 aliphatic carbocycles. The van der Waals surface area contributed by atoms with Crippen molar-refractivity contribution < 1.29 is 39.0 Å². The number of nitrogens with one attached hydrogen (secondary N) is 3. The summed E-state index contributed by atoms with van der Waals surface area (Å²) in [5.74, 6) is -5.78. The number of amides is 4. The van der Waals surface area contributed by atoms with Crippen molar-refractivity contribution in [3.8, 4) is 0 Å². The van der Waals surface area contributed by atoms with E-state index in [1.165, 1.54) is 0 Å². The highest BCUT2D eigenvalue weighted by Gasteiger charge is 2.30. The Labute approximate surface area is 209 Å². The Kier molecular flexibility index (Phi) is 16.4. The molecule has 0 saturated heterocycles. The molecule has 4 unspecified atom stereocenters. The van der Waals surface area contributed by atoms with Crippen molar-refractivity contribution in [2.75, 3.05) is 13.1 Å². The number of aliphatic carboxylic acids is 2. The first kappa shape index (κ1) is 32.7. The maximum Gasteiger partial charge on any atom is 0.326 e. The standard InChI is InChI=1S/C21H39N7O8/c22-9-3-1-5-13(26-18(32)12(24)11-16(25)29)19(33)27-14(6-2-4-10-23)20(34)28-15(21(35)36)7-8-17(30)31/h12-15H,1-11,22-24H2,(H2,25,29)(H,26,32)(H,27,33)(H,28,34)(H,30,31)(H,35,36). The number of hydrogen-bond acceptors (Lipinski definition) is 9. The Hall–Kier alpha value is -3.30. The maximum atomic E-state index is 13.0. The summed E-state index contributed by atoms with van der Waals surface area (Å²) in [5.41, 5.74) is 21.7. The van der Waals surface area contributed by atoms with Gasteiger partial charge in [0.25, 0.3) is 0 Å². The zero-order valence-electron chi connectivity index (χ0n) is 20.2. The molecular formula is C21H39N7O8. The Morgan fingerprint density at radius 1 is 0.667 bits per heavy atom. The van der Waals surface area contributed by atoms with Gasteiger partial charge >= 0.3 is 11.9 Å². The lowest BCUT2D eigenvalue weighted by Crippen LogP contribution is -2.57. The fourth-order valence-electron chi connectivity index (χ4n) is 3.18. The number of hydrogen-bond donors (Lipinski definition) is 9. The molecule has 0 aliphatic heterocycles. The molecule has 0 spiro atoms. The van der Waals surface area contributed by atoms with Crippen LogP contribution in [0.2, 0.25) is 0 Å². The van der Waals surface area contributed by atoms with Crippen LogP contribution in [0.15, 0.2) is 0 Å². The van der Waals surface area contributed by atoms with Gasteiger partial charge in [-0.25, -0.2) is 4.79 Å². The lowest BCUT2D eigenvalue weighted by Gasteiger charge is -2.25. The largest absolute Gasteiger partial charge is 0.481 e. The van der Waals surface area contributed by atoms with Crippen molar-refractivity contribution in [2.24, 2.45) is 22.9 Å². The van der Waals surface area contributed by atoms with Crippen LogP contribution in [0.4, 0.5) is 0 Å². The summed E-state index contributed by atoms with van der Waals surface area (Å²) in [7, 11) is 0. The molecule has 0 heterocycles. The molecule has 4 atom stereocenters. The third kappa shape index (κ3) is 14.2. The SMILES string of the molecule is NCCCCC(NC(=O)C(N)CC(N)=O)C(=O)NC(CCCCN)C(=O)NC(CCC(=O)O)C(=O)O. The fourth-order valence-corrected chi connectivity index (χ4v) is 3.18. The monoisotopic (exact) mass is 517 g/mol. The average Bonchev–Trinajstić information content (AvgIpc) is 2.79. The third-order valence-corrected chi connectivity index (χ3v) is 5.18. The predicted octanol–water partition coefficient (Wildman–Crippen LogP) is -3.15. The summed E-state index contributed by atoms with van der Waals surface area (Å²) in [6.45, 7) is 0.675. The summed E-state index contributed by atoms with van der Waals surface area (Å²) < 4.78 is 0. The Morgan fingerprint density at radius 3 is 1.50 bits per heavy atom. The first-order valence-electron chi connectivity index (χ1n) is 11.7. The average molecular weight is 518 g/mol. The molecule has 206 valence electrons. The van der Waals surface area contributed by atoms with Gasteiger partial charge in [-0.05, 0) is 58.0 Å². The highest BCUT2D eigenvalue weighted by atomic mass is 16.4. The van der Waals surface area contributed by atoms with E-state index < -0.39 is 72.6 Å². The summed E-state index contributed by atoms with van der Waals surface area (Å²) in [6.07, 6.45) is 0.973. The van der Waals surface area contributed by atoms with E-state index in [0.717, 1.165) is 0 Å². The molecule has 0 aromatic carbocycles. The summed E-state index contributed by atoms with van der Waals surface area (Å²) >= 11 is 0. The van der Waals surface area contributed by atoms with E-state index in [0.29, 0.717) is 38.8 Å². The van der Waals surface area contributed by atoms with Gasteiger partial charge in [-0.2, -0.15) is 0 Å². The summed E-state index contributed by atoms with van der Waals surface area (Å²) in [5, 5.41) is 25.3. The maximum absolute atomic E-state index is 13.0. The molecule has 0 saturated carbocycles. The fraction of sp³-hybridized carbons (Fsp3) is 0.714. The molecular weight excluding hydrogens is 478 g/mol. The second kappa shape index (κ2) is 18.0. The number of carboxylic acid groups (broad SMARTS) is 2. The van der Waals surface area contributed by atoms with Gasteiger partial charge in [-0.15, -0.1) is 0 Å². The molecule has 15 heteroatoms. The van der Waals surface area contributed by atoms with Gasteiger partial charge in [0.15, 0.2) is 0 Å². The smallest absolute Gasteiger partial charge is 0.326 e. The Bertz CT molecular complexity index is 765. The van der Waals surface area contributed by atoms with Gasteiger partial charge in [0.2, 0.25) is 23.6 Å². The van der Waals surface area contributed by atoms with E-state index in [4.69, 9.17) is 28.0 Å². The Morgan fingerprint density at radius 2 is 1.11 bits per heavy atom.